The number of benzene rings is 1. The third kappa shape index (κ3) is 2.76. The van der Waals surface area contributed by atoms with Crippen LogP contribution in [0.3, 0.4) is 0 Å². The van der Waals surface area contributed by atoms with E-state index in [1.807, 2.05) is 29.6 Å². The predicted molar refractivity (Wildman–Crippen MR) is 65.6 cm³/mol. The Morgan fingerprint density at radius 3 is 2.53 bits per heavy atom. The van der Waals surface area contributed by atoms with Crippen LogP contribution in [0.5, 0.6) is 0 Å². The van der Waals surface area contributed by atoms with E-state index in [0.717, 1.165) is 9.77 Å². The first-order valence-corrected chi connectivity index (χ1v) is 6.93. The molecule has 1 heterocycles. The molecule has 1 aromatic heterocycles. The largest absolute Gasteiger partial charge is 0.253 e. The highest BCUT2D eigenvalue weighted by Crippen LogP contribution is 2.17. The summed E-state index contributed by atoms with van der Waals surface area (Å²) in [4.78, 5) is 0. The highest BCUT2D eigenvalue weighted by atomic mass is 32.2. The Hall–Kier alpha value is -0.930. The van der Waals surface area contributed by atoms with Gasteiger partial charge in [0.25, 0.3) is 0 Å². The SMILES string of the molecule is Cc1ccc(CS(=O)c2cccs2)cc1. The second-order valence-corrected chi connectivity index (χ2v) is 6.03. The third-order valence-electron chi connectivity index (χ3n) is 2.14. The van der Waals surface area contributed by atoms with Crippen molar-refractivity contribution in [3.8, 4) is 0 Å². The van der Waals surface area contributed by atoms with Gasteiger partial charge >= 0.3 is 0 Å². The summed E-state index contributed by atoms with van der Waals surface area (Å²) in [6.07, 6.45) is 0. The Morgan fingerprint density at radius 2 is 1.93 bits per heavy atom. The summed E-state index contributed by atoms with van der Waals surface area (Å²) in [5, 5.41) is 1.96. The van der Waals surface area contributed by atoms with Gasteiger partial charge < -0.3 is 0 Å². The second kappa shape index (κ2) is 4.73. The van der Waals surface area contributed by atoms with Crippen LogP contribution in [-0.2, 0) is 16.6 Å². The summed E-state index contributed by atoms with van der Waals surface area (Å²) in [7, 11) is -0.891. The van der Waals surface area contributed by atoms with Gasteiger partial charge in [-0.3, -0.25) is 4.21 Å². The molecule has 0 radical (unpaired) electrons. The van der Waals surface area contributed by atoms with Gasteiger partial charge in [-0.05, 0) is 23.9 Å². The lowest BCUT2D eigenvalue weighted by Crippen LogP contribution is -1.93. The Kier molecular flexibility index (Phi) is 3.34. The summed E-state index contributed by atoms with van der Waals surface area (Å²) in [5.74, 6) is 0.612. The van der Waals surface area contributed by atoms with Gasteiger partial charge in [-0.1, -0.05) is 35.9 Å². The van der Waals surface area contributed by atoms with Gasteiger partial charge in [0.05, 0.1) is 20.8 Å². The van der Waals surface area contributed by atoms with Crippen LogP contribution in [0.25, 0.3) is 0 Å². The van der Waals surface area contributed by atoms with E-state index in [4.69, 9.17) is 0 Å². The first-order chi connectivity index (χ1) is 7.25. The number of hydrogen-bond donors (Lipinski definition) is 0. The van der Waals surface area contributed by atoms with Crippen molar-refractivity contribution in [3.05, 3.63) is 52.9 Å². The lowest BCUT2D eigenvalue weighted by molar-refractivity contribution is 0.684. The molecule has 2 aromatic rings. The topological polar surface area (TPSA) is 17.1 Å². The fourth-order valence-electron chi connectivity index (χ4n) is 1.30. The number of thiophene rings is 1. The van der Waals surface area contributed by atoms with E-state index in [-0.39, 0.29) is 0 Å². The Morgan fingerprint density at radius 1 is 1.20 bits per heavy atom. The fraction of sp³-hybridized carbons (Fsp3) is 0.167. The van der Waals surface area contributed by atoms with E-state index in [9.17, 15) is 4.21 Å². The first kappa shape index (κ1) is 10.6. The van der Waals surface area contributed by atoms with Crippen molar-refractivity contribution in [1.29, 1.82) is 0 Å². The van der Waals surface area contributed by atoms with E-state index in [0.29, 0.717) is 5.75 Å². The quantitative estimate of drug-likeness (QED) is 0.798. The molecule has 0 aliphatic rings. The Balaban J connectivity index is 2.09. The minimum absolute atomic E-state index is 0.612. The zero-order chi connectivity index (χ0) is 10.7. The van der Waals surface area contributed by atoms with Crippen molar-refractivity contribution in [2.45, 2.75) is 16.9 Å². The summed E-state index contributed by atoms with van der Waals surface area (Å²) in [5.41, 5.74) is 2.37. The van der Waals surface area contributed by atoms with Crippen molar-refractivity contribution in [2.75, 3.05) is 0 Å². The van der Waals surface area contributed by atoms with Crippen LogP contribution in [0.1, 0.15) is 11.1 Å². The number of hydrogen-bond acceptors (Lipinski definition) is 2. The van der Waals surface area contributed by atoms with Crippen LogP contribution in [0, 0.1) is 6.92 Å². The average Bonchev–Trinajstić information content (AvgIpc) is 2.74. The molecule has 15 heavy (non-hydrogen) atoms. The van der Waals surface area contributed by atoms with E-state index < -0.39 is 10.8 Å². The zero-order valence-electron chi connectivity index (χ0n) is 8.47. The Bertz CT molecular complexity index is 443. The number of aryl methyl sites for hydroxylation is 1. The molecule has 1 atom stereocenters. The molecule has 0 N–H and O–H groups in total. The van der Waals surface area contributed by atoms with Crippen molar-refractivity contribution >= 4 is 22.1 Å². The molecule has 0 fully saturated rings. The van der Waals surface area contributed by atoms with E-state index in [2.05, 4.69) is 19.1 Å². The molecule has 78 valence electrons. The lowest BCUT2D eigenvalue weighted by atomic mass is 10.2. The van der Waals surface area contributed by atoms with Crippen molar-refractivity contribution < 1.29 is 4.21 Å². The molecule has 0 amide bonds. The summed E-state index contributed by atoms with van der Waals surface area (Å²) in [6.45, 7) is 2.06. The predicted octanol–water partition coefficient (Wildman–Crippen LogP) is 3.36. The molecule has 2 rings (SSSR count). The average molecular weight is 236 g/mol. The second-order valence-electron chi connectivity index (χ2n) is 3.41. The summed E-state index contributed by atoms with van der Waals surface area (Å²) < 4.78 is 12.8. The van der Waals surface area contributed by atoms with Crippen LogP contribution in [0.2, 0.25) is 0 Å². The smallest absolute Gasteiger partial charge is 0.0913 e. The van der Waals surface area contributed by atoms with E-state index in [1.165, 1.54) is 5.56 Å². The van der Waals surface area contributed by atoms with Gasteiger partial charge in [0, 0.05) is 0 Å². The van der Waals surface area contributed by atoms with Crippen LogP contribution < -0.4 is 0 Å². The van der Waals surface area contributed by atoms with Crippen LogP contribution in [-0.4, -0.2) is 4.21 Å². The maximum Gasteiger partial charge on any atom is 0.0913 e. The van der Waals surface area contributed by atoms with Crippen LogP contribution in [0.4, 0.5) is 0 Å². The van der Waals surface area contributed by atoms with Gasteiger partial charge in [-0.15, -0.1) is 11.3 Å². The molecule has 1 aromatic carbocycles. The highest BCUT2D eigenvalue weighted by Gasteiger charge is 2.05. The van der Waals surface area contributed by atoms with Crippen LogP contribution >= 0.6 is 11.3 Å². The normalized spacial score (nSPS) is 12.6. The molecule has 3 heteroatoms. The molecular formula is C12H12OS2. The zero-order valence-corrected chi connectivity index (χ0v) is 10.1. The number of rotatable bonds is 3. The van der Waals surface area contributed by atoms with Gasteiger partial charge in [-0.25, -0.2) is 0 Å². The van der Waals surface area contributed by atoms with Gasteiger partial charge in [0.15, 0.2) is 0 Å². The van der Waals surface area contributed by atoms with Crippen molar-refractivity contribution in [1.82, 2.24) is 0 Å². The van der Waals surface area contributed by atoms with Gasteiger partial charge in [0.2, 0.25) is 0 Å². The Labute approximate surface area is 96.2 Å². The van der Waals surface area contributed by atoms with Gasteiger partial charge in [-0.2, -0.15) is 0 Å². The standard InChI is InChI=1S/C12H12OS2/c1-10-4-6-11(7-5-10)9-15(13)12-3-2-8-14-12/h2-8H,9H2,1H3. The van der Waals surface area contributed by atoms with E-state index in [1.54, 1.807) is 11.3 Å². The molecule has 0 aliphatic carbocycles. The summed E-state index contributed by atoms with van der Waals surface area (Å²) in [6, 6.07) is 12.1. The van der Waals surface area contributed by atoms with Crippen molar-refractivity contribution in [3.63, 3.8) is 0 Å². The minimum atomic E-state index is -0.891. The lowest BCUT2D eigenvalue weighted by Gasteiger charge is -2.00. The molecule has 0 saturated heterocycles. The molecule has 0 aliphatic heterocycles. The first-order valence-electron chi connectivity index (χ1n) is 4.73. The van der Waals surface area contributed by atoms with Crippen molar-refractivity contribution in [2.24, 2.45) is 0 Å². The maximum atomic E-state index is 11.9. The molecule has 1 nitrogen and oxygen atoms in total. The monoisotopic (exact) mass is 236 g/mol. The minimum Gasteiger partial charge on any atom is -0.253 e. The molecule has 0 spiro atoms. The molecule has 0 saturated carbocycles. The fourth-order valence-corrected chi connectivity index (χ4v) is 3.39. The van der Waals surface area contributed by atoms with Gasteiger partial charge in [0.1, 0.15) is 0 Å². The van der Waals surface area contributed by atoms with Crippen LogP contribution in [0.15, 0.2) is 46.0 Å². The third-order valence-corrected chi connectivity index (χ3v) is 4.83. The molecular weight excluding hydrogens is 224 g/mol. The summed E-state index contributed by atoms with van der Waals surface area (Å²) >= 11 is 1.55. The highest BCUT2D eigenvalue weighted by molar-refractivity contribution is 7.86. The molecule has 0 bridgehead atoms. The maximum absolute atomic E-state index is 11.9. The van der Waals surface area contributed by atoms with E-state index >= 15 is 0 Å². The molecule has 1 unspecified atom stereocenters.